The van der Waals surface area contributed by atoms with Crippen LogP contribution in [0, 0.1) is 93.9 Å². The van der Waals surface area contributed by atoms with Crippen LogP contribution >= 0.6 is 0 Å². The molecule has 6 aromatic rings. The lowest BCUT2D eigenvalue weighted by Crippen LogP contribution is -1.95. The molecule has 0 unspecified atom stereocenters. The Morgan fingerprint density at radius 3 is 0.980 bits per heavy atom. The van der Waals surface area contributed by atoms with E-state index in [1.54, 1.807) is 51.1 Å². The van der Waals surface area contributed by atoms with Crippen molar-refractivity contribution < 1.29 is 39.5 Å². The number of hydrogen-bond acceptors (Lipinski definition) is 0. The summed E-state index contributed by atoms with van der Waals surface area (Å²) in [6.07, 6.45) is 0. The molecule has 51 heavy (non-hydrogen) atoms. The third kappa shape index (κ3) is 8.71. The van der Waals surface area contributed by atoms with Gasteiger partial charge in [-0.25, -0.2) is 39.5 Å². The van der Waals surface area contributed by atoms with Crippen molar-refractivity contribution in [1.82, 2.24) is 0 Å². The van der Waals surface area contributed by atoms with Crippen molar-refractivity contribution in [2.75, 3.05) is 0 Å². The molecule has 0 saturated heterocycles. The molecule has 0 heterocycles. The van der Waals surface area contributed by atoms with Crippen LogP contribution in [0.15, 0.2) is 91.0 Å². The van der Waals surface area contributed by atoms with Crippen LogP contribution < -0.4 is 0 Å². The predicted molar refractivity (Wildman–Crippen MR) is 184 cm³/mol. The van der Waals surface area contributed by atoms with E-state index in [-0.39, 0.29) is 38.9 Å². The second kappa shape index (κ2) is 16.1. The Balaban J connectivity index is 0.000000172. The number of rotatable bonds is 3. The largest absolute Gasteiger partial charge is 0.207 e. The summed E-state index contributed by atoms with van der Waals surface area (Å²) in [6, 6.07) is 21.8. The van der Waals surface area contributed by atoms with Crippen molar-refractivity contribution in [3.8, 4) is 33.4 Å². The molecule has 0 aromatic heterocycles. The zero-order chi connectivity index (χ0) is 37.7. The van der Waals surface area contributed by atoms with Crippen LogP contribution in [0.2, 0.25) is 0 Å². The molecule has 9 heteroatoms. The highest BCUT2D eigenvalue weighted by molar-refractivity contribution is 5.67. The molecule has 264 valence electrons. The topological polar surface area (TPSA) is 0 Å². The van der Waals surface area contributed by atoms with E-state index < -0.39 is 52.4 Å². The van der Waals surface area contributed by atoms with Crippen LogP contribution in [0.3, 0.4) is 0 Å². The lowest BCUT2D eigenvalue weighted by atomic mass is 10.0. The molecule has 0 fully saturated rings. The van der Waals surface area contributed by atoms with Crippen molar-refractivity contribution in [1.29, 1.82) is 0 Å². The lowest BCUT2D eigenvalue weighted by Gasteiger charge is -2.08. The Labute approximate surface area is 290 Å². The summed E-state index contributed by atoms with van der Waals surface area (Å²) in [5.41, 5.74) is 3.21. The van der Waals surface area contributed by atoms with Gasteiger partial charge in [-0.05, 0) is 104 Å². The average molecular weight is 709 g/mol. The second-order valence-corrected chi connectivity index (χ2v) is 12.1. The van der Waals surface area contributed by atoms with Crippen molar-refractivity contribution >= 4 is 0 Å². The number of benzene rings is 6. The van der Waals surface area contributed by atoms with Gasteiger partial charge in [0.15, 0.2) is 34.9 Å². The van der Waals surface area contributed by atoms with Crippen molar-refractivity contribution in [3.63, 3.8) is 0 Å². The molecule has 0 bridgehead atoms. The van der Waals surface area contributed by atoms with Crippen molar-refractivity contribution in [3.05, 3.63) is 177 Å². The van der Waals surface area contributed by atoms with E-state index in [0.717, 1.165) is 5.56 Å². The molecule has 0 nitrogen and oxygen atoms in total. The maximum absolute atomic E-state index is 13.7. The highest BCUT2D eigenvalue weighted by Crippen LogP contribution is 2.30. The van der Waals surface area contributed by atoms with Gasteiger partial charge in [-0.2, -0.15) is 0 Å². The first-order valence-corrected chi connectivity index (χ1v) is 15.6. The highest BCUT2D eigenvalue weighted by Gasteiger charge is 2.16. The van der Waals surface area contributed by atoms with Crippen LogP contribution in [-0.2, 0) is 0 Å². The Morgan fingerprint density at radius 1 is 0.275 bits per heavy atom. The van der Waals surface area contributed by atoms with Crippen LogP contribution in [0.25, 0.3) is 33.4 Å². The minimum absolute atomic E-state index is 0.0504. The van der Waals surface area contributed by atoms with Gasteiger partial charge in [0.05, 0.1) is 0 Å². The van der Waals surface area contributed by atoms with Gasteiger partial charge in [0.1, 0.15) is 17.5 Å². The molecule has 0 saturated carbocycles. The highest BCUT2D eigenvalue weighted by atomic mass is 19.2. The predicted octanol–water partition coefficient (Wildman–Crippen LogP) is 13.2. The fourth-order valence-corrected chi connectivity index (χ4v) is 4.95. The van der Waals surface area contributed by atoms with E-state index in [1.807, 2.05) is 0 Å². The van der Waals surface area contributed by atoms with Gasteiger partial charge < -0.3 is 0 Å². The molecule has 0 amide bonds. The Hall–Kier alpha value is -5.31. The first-order chi connectivity index (χ1) is 24.0. The van der Waals surface area contributed by atoms with Gasteiger partial charge in [0.2, 0.25) is 0 Å². The minimum atomic E-state index is -1.01. The van der Waals surface area contributed by atoms with Gasteiger partial charge in [-0.1, -0.05) is 72.8 Å². The molecule has 0 spiro atoms. The van der Waals surface area contributed by atoms with E-state index in [1.165, 1.54) is 81.4 Å². The molecule has 0 aliphatic carbocycles. The maximum Gasteiger partial charge on any atom is 0.167 e. The summed E-state index contributed by atoms with van der Waals surface area (Å²) < 4.78 is 122. The van der Waals surface area contributed by atoms with Crippen LogP contribution in [0.5, 0.6) is 0 Å². The third-order valence-electron chi connectivity index (χ3n) is 8.21. The Morgan fingerprint density at radius 2 is 0.608 bits per heavy atom. The molecule has 6 aromatic carbocycles. The van der Waals surface area contributed by atoms with E-state index >= 15 is 0 Å². The smallest absolute Gasteiger partial charge is 0.167 e. The molecular formula is C42H33F9. The number of halogens is 9. The number of aryl methyl sites for hydroxylation is 6. The molecule has 0 atom stereocenters. The van der Waals surface area contributed by atoms with Gasteiger partial charge in [-0.15, -0.1) is 0 Å². The molecule has 6 rings (SSSR count). The maximum atomic E-state index is 13.7. The van der Waals surface area contributed by atoms with E-state index in [0.29, 0.717) is 22.3 Å². The van der Waals surface area contributed by atoms with Crippen molar-refractivity contribution in [2.45, 2.75) is 41.5 Å². The Bertz CT molecular complexity index is 2120. The molecular weight excluding hydrogens is 675 g/mol. The summed E-state index contributed by atoms with van der Waals surface area (Å²) in [5, 5.41) is 0. The normalized spacial score (nSPS) is 10.6. The fourth-order valence-electron chi connectivity index (χ4n) is 4.95. The monoisotopic (exact) mass is 708 g/mol. The van der Waals surface area contributed by atoms with Gasteiger partial charge >= 0.3 is 0 Å². The third-order valence-corrected chi connectivity index (χ3v) is 8.21. The zero-order valence-corrected chi connectivity index (χ0v) is 28.6. The first-order valence-electron chi connectivity index (χ1n) is 15.6. The van der Waals surface area contributed by atoms with Gasteiger partial charge in [-0.3, -0.25) is 0 Å². The lowest BCUT2D eigenvalue weighted by molar-refractivity contribution is 0.504. The summed E-state index contributed by atoms with van der Waals surface area (Å²) >= 11 is 0. The fraction of sp³-hybridized carbons (Fsp3) is 0.143. The SMILES string of the molecule is Cc1ccc(-c2ccc(C)c(F)c2F)c(F)c1.Cc1ccc(-c2ccc(C)c(F)c2F)cc1F.Cc1ccc(-c2ccc(C)c(F)c2F)cc1F. The quantitative estimate of drug-likeness (QED) is 0.161. The molecule has 0 aliphatic rings. The Kier molecular flexibility index (Phi) is 12.2. The van der Waals surface area contributed by atoms with Crippen LogP contribution in [0.1, 0.15) is 33.4 Å². The van der Waals surface area contributed by atoms with E-state index in [2.05, 4.69) is 0 Å². The van der Waals surface area contributed by atoms with Gasteiger partial charge in [0.25, 0.3) is 0 Å². The first kappa shape index (κ1) is 38.5. The standard InChI is InChI=1S/3C14H11F3/c2*1-8-3-5-10(7-12(8)15)11-6-4-9(2)13(16)14(11)17;1-8-3-5-10(12(15)7-8)11-6-4-9(2)13(16)14(11)17/h3*3-7H,1-2H3. The summed E-state index contributed by atoms with van der Waals surface area (Å²) in [6.45, 7) is 9.40. The second-order valence-electron chi connectivity index (χ2n) is 12.1. The van der Waals surface area contributed by atoms with Crippen molar-refractivity contribution in [2.24, 2.45) is 0 Å². The molecule has 0 N–H and O–H groups in total. The van der Waals surface area contributed by atoms with Gasteiger partial charge in [0, 0.05) is 22.3 Å². The van der Waals surface area contributed by atoms with E-state index in [9.17, 15) is 39.5 Å². The summed E-state index contributed by atoms with van der Waals surface area (Å²) in [4.78, 5) is 0. The summed E-state index contributed by atoms with van der Waals surface area (Å²) in [7, 11) is 0. The summed E-state index contributed by atoms with van der Waals surface area (Å²) in [5.74, 6) is -6.98. The molecule has 0 aliphatic heterocycles. The average Bonchev–Trinajstić information content (AvgIpc) is 3.09. The van der Waals surface area contributed by atoms with Crippen LogP contribution in [-0.4, -0.2) is 0 Å². The molecule has 0 radical (unpaired) electrons. The minimum Gasteiger partial charge on any atom is -0.207 e. The number of hydrogen-bond donors (Lipinski definition) is 0. The van der Waals surface area contributed by atoms with Crippen LogP contribution in [0.4, 0.5) is 39.5 Å². The van der Waals surface area contributed by atoms with E-state index in [4.69, 9.17) is 0 Å². The zero-order valence-electron chi connectivity index (χ0n) is 28.6.